The maximum Gasteiger partial charge on any atom is 0.164 e. The quantitative estimate of drug-likeness (QED) is 0.753. The Morgan fingerprint density at radius 1 is 1.19 bits per heavy atom. The molecule has 142 valence electrons. The molecule has 0 aromatic heterocycles. The summed E-state index contributed by atoms with van der Waals surface area (Å²) in [7, 11) is -1.45. The van der Waals surface area contributed by atoms with E-state index in [4.69, 9.17) is 21.3 Å². The molecule has 2 aliphatic heterocycles. The molecule has 27 heavy (non-hydrogen) atoms. The molecule has 0 N–H and O–H groups in total. The molecule has 0 amide bonds. The number of sulfone groups is 1. The highest BCUT2D eigenvalue weighted by molar-refractivity contribution is 8.13. The van der Waals surface area contributed by atoms with Crippen molar-refractivity contribution in [1.82, 2.24) is 0 Å². The van der Waals surface area contributed by atoms with Gasteiger partial charge >= 0.3 is 0 Å². The van der Waals surface area contributed by atoms with Crippen LogP contribution in [0.1, 0.15) is 5.56 Å². The number of halogens is 1. The maximum atomic E-state index is 12.1. The Bertz CT molecular complexity index is 977. The molecule has 0 spiro atoms. The minimum absolute atomic E-state index is 0.105. The number of anilines is 1. The van der Waals surface area contributed by atoms with Gasteiger partial charge in [-0.25, -0.2) is 8.42 Å². The Balaban J connectivity index is 1.64. The number of thioether (sulfide) groups is 1. The van der Waals surface area contributed by atoms with Gasteiger partial charge in [0.1, 0.15) is 5.75 Å². The van der Waals surface area contributed by atoms with Gasteiger partial charge in [-0.3, -0.25) is 4.99 Å². The van der Waals surface area contributed by atoms with E-state index in [-0.39, 0.29) is 23.6 Å². The van der Waals surface area contributed by atoms with Gasteiger partial charge in [0.15, 0.2) is 15.0 Å². The molecule has 5 nitrogen and oxygen atoms in total. The van der Waals surface area contributed by atoms with E-state index in [9.17, 15) is 8.42 Å². The van der Waals surface area contributed by atoms with Crippen LogP contribution in [0.15, 0.2) is 53.5 Å². The zero-order valence-electron chi connectivity index (χ0n) is 14.7. The van der Waals surface area contributed by atoms with Gasteiger partial charge in [-0.05, 0) is 29.8 Å². The first-order valence-corrected chi connectivity index (χ1v) is 11.7. The number of benzene rings is 2. The number of amidine groups is 1. The molecule has 8 heteroatoms. The second-order valence-electron chi connectivity index (χ2n) is 6.58. The molecule has 0 radical (unpaired) electrons. The molecule has 4 rings (SSSR count). The highest BCUT2D eigenvalue weighted by atomic mass is 35.5. The summed E-state index contributed by atoms with van der Waals surface area (Å²) < 4.78 is 29.8. The minimum Gasteiger partial charge on any atom is -0.495 e. The van der Waals surface area contributed by atoms with E-state index in [0.29, 0.717) is 10.8 Å². The lowest BCUT2D eigenvalue weighted by Gasteiger charge is -2.27. The van der Waals surface area contributed by atoms with Crippen LogP contribution in [0.5, 0.6) is 5.75 Å². The number of ether oxygens (including phenoxy) is 1. The minimum atomic E-state index is -3.07. The number of methoxy groups -OCH3 is 1. The fourth-order valence-electron chi connectivity index (χ4n) is 3.47. The average molecular weight is 423 g/mol. The van der Waals surface area contributed by atoms with E-state index in [2.05, 4.69) is 0 Å². The normalized spacial score (nSPS) is 23.2. The summed E-state index contributed by atoms with van der Waals surface area (Å²) in [5, 5.41) is 1.54. The van der Waals surface area contributed by atoms with Crippen molar-refractivity contribution < 1.29 is 13.2 Å². The van der Waals surface area contributed by atoms with Crippen LogP contribution in [0.2, 0.25) is 5.02 Å². The van der Waals surface area contributed by atoms with Crippen LogP contribution >= 0.6 is 23.4 Å². The third kappa shape index (κ3) is 3.81. The summed E-state index contributed by atoms with van der Waals surface area (Å²) in [4.78, 5) is 6.79. The van der Waals surface area contributed by atoms with Crippen LogP contribution in [-0.2, 0) is 15.6 Å². The van der Waals surface area contributed by atoms with Gasteiger partial charge in [-0.1, -0.05) is 47.6 Å². The third-order valence-corrected chi connectivity index (χ3v) is 7.72. The molecule has 0 saturated carbocycles. The predicted octanol–water partition coefficient (Wildman–Crippen LogP) is 3.62. The van der Waals surface area contributed by atoms with Crippen LogP contribution in [0.25, 0.3) is 0 Å². The van der Waals surface area contributed by atoms with E-state index in [1.807, 2.05) is 53.4 Å². The van der Waals surface area contributed by atoms with Crippen molar-refractivity contribution in [3.05, 3.63) is 59.1 Å². The van der Waals surface area contributed by atoms with E-state index in [1.165, 1.54) is 0 Å². The lowest BCUT2D eigenvalue weighted by atomic mass is 10.1. The Hall–Kier alpha value is -1.70. The molecule has 0 unspecified atom stereocenters. The van der Waals surface area contributed by atoms with Crippen LogP contribution in [0.4, 0.5) is 5.69 Å². The maximum absolute atomic E-state index is 12.1. The number of rotatable bonds is 4. The first-order valence-electron chi connectivity index (χ1n) is 8.54. The fraction of sp³-hybridized carbons (Fsp3) is 0.316. The van der Waals surface area contributed by atoms with Gasteiger partial charge in [0.05, 0.1) is 36.4 Å². The Kier molecular flexibility index (Phi) is 5.09. The highest BCUT2D eigenvalue weighted by Crippen LogP contribution is 2.39. The van der Waals surface area contributed by atoms with Crippen molar-refractivity contribution in [2.45, 2.75) is 17.8 Å². The van der Waals surface area contributed by atoms with Gasteiger partial charge in [0.25, 0.3) is 0 Å². The molecule has 2 aromatic carbocycles. The van der Waals surface area contributed by atoms with E-state index < -0.39 is 9.84 Å². The van der Waals surface area contributed by atoms with Crippen molar-refractivity contribution >= 4 is 44.1 Å². The van der Waals surface area contributed by atoms with Gasteiger partial charge < -0.3 is 9.64 Å². The first kappa shape index (κ1) is 18.7. The zero-order valence-corrected chi connectivity index (χ0v) is 17.1. The summed E-state index contributed by atoms with van der Waals surface area (Å²) in [6.07, 6.45) is 0. The number of aliphatic imine (C=N–C) groups is 1. The van der Waals surface area contributed by atoms with Gasteiger partial charge in [0, 0.05) is 10.8 Å². The van der Waals surface area contributed by atoms with Crippen LogP contribution in [0, 0.1) is 0 Å². The average Bonchev–Trinajstić information content (AvgIpc) is 3.12. The zero-order chi connectivity index (χ0) is 19.0. The van der Waals surface area contributed by atoms with Crippen molar-refractivity contribution in [1.29, 1.82) is 0 Å². The number of hydrogen-bond donors (Lipinski definition) is 0. The molecule has 2 heterocycles. The Morgan fingerprint density at radius 2 is 1.93 bits per heavy atom. The summed E-state index contributed by atoms with van der Waals surface area (Å²) in [5.74, 6) is 1.66. The molecule has 2 atom stereocenters. The number of hydrogen-bond acceptors (Lipinski definition) is 6. The lowest BCUT2D eigenvalue weighted by Crippen LogP contribution is -2.39. The van der Waals surface area contributed by atoms with Gasteiger partial charge in [0.2, 0.25) is 0 Å². The monoisotopic (exact) mass is 422 g/mol. The summed E-state index contributed by atoms with van der Waals surface area (Å²) in [6.45, 7) is 0. The topological polar surface area (TPSA) is 59.0 Å². The van der Waals surface area contributed by atoms with Crippen molar-refractivity contribution in [2.24, 2.45) is 4.99 Å². The summed E-state index contributed by atoms with van der Waals surface area (Å²) in [6, 6.07) is 15.0. The van der Waals surface area contributed by atoms with Crippen molar-refractivity contribution in [3.63, 3.8) is 0 Å². The van der Waals surface area contributed by atoms with Crippen molar-refractivity contribution in [2.75, 3.05) is 23.5 Å². The highest BCUT2D eigenvalue weighted by Gasteiger charge is 2.47. The molecule has 2 aromatic rings. The van der Waals surface area contributed by atoms with Crippen LogP contribution in [0.3, 0.4) is 0 Å². The van der Waals surface area contributed by atoms with E-state index in [1.54, 1.807) is 18.9 Å². The lowest BCUT2D eigenvalue weighted by molar-refractivity contribution is 0.415. The van der Waals surface area contributed by atoms with Gasteiger partial charge in [-0.15, -0.1) is 0 Å². The fourth-order valence-corrected chi connectivity index (χ4v) is 6.51. The van der Waals surface area contributed by atoms with E-state index in [0.717, 1.165) is 22.2 Å². The second-order valence-corrected chi connectivity index (χ2v) is 10.1. The molecule has 1 fully saturated rings. The van der Waals surface area contributed by atoms with Crippen LogP contribution < -0.4 is 9.64 Å². The number of para-hydroxylation sites is 2. The Labute approximate surface area is 168 Å². The standard InChI is InChI=1S/C19H19ClN2O3S2/c1-25-18-5-3-2-4-16(18)22-17-12-27(23,24)11-15(17)21-19(22)26-10-13-6-8-14(20)9-7-13/h2-9,15,17H,10-12H2,1H3/t15-,17+/m0/s1. The SMILES string of the molecule is COc1ccccc1N1C(SCc2ccc(Cl)cc2)=N[C@H]2CS(=O)(=O)C[C@H]21. The molecular formula is C19H19ClN2O3S2. The molecule has 2 aliphatic rings. The second kappa shape index (κ2) is 7.37. The third-order valence-electron chi connectivity index (χ3n) is 4.73. The molecule has 0 aliphatic carbocycles. The summed E-state index contributed by atoms with van der Waals surface area (Å²) >= 11 is 7.56. The largest absolute Gasteiger partial charge is 0.495 e. The smallest absolute Gasteiger partial charge is 0.164 e. The molecule has 0 bridgehead atoms. The Morgan fingerprint density at radius 3 is 2.67 bits per heavy atom. The van der Waals surface area contributed by atoms with E-state index >= 15 is 0 Å². The number of fused-ring (bicyclic) bond motifs is 1. The predicted molar refractivity (Wildman–Crippen MR) is 112 cm³/mol. The van der Waals surface area contributed by atoms with Gasteiger partial charge in [-0.2, -0.15) is 0 Å². The number of nitrogens with zero attached hydrogens (tertiary/aromatic N) is 2. The van der Waals surface area contributed by atoms with Crippen molar-refractivity contribution in [3.8, 4) is 5.75 Å². The summed E-state index contributed by atoms with van der Waals surface area (Å²) in [5.41, 5.74) is 1.99. The molecule has 1 saturated heterocycles. The van der Waals surface area contributed by atoms with Crippen LogP contribution in [-0.4, -0.2) is 44.3 Å². The first-order chi connectivity index (χ1) is 13.0. The molecular weight excluding hydrogens is 404 g/mol.